The largest absolute Gasteiger partial charge is 0.496 e. The van der Waals surface area contributed by atoms with Crippen LogP contribution < -0.4 is 15.0 Å². The fraction of sp³-hybridized carbons (Fsp3) is 0.612. The zero-order chi connectivity index (χ0) is 46.4. The number of ether oxygens (including phenoxy) is 4. The highest BCUT2D eigenvalue weighted by atomic mass is 19.3. The number of aromatic nitrogens is 1. The lowest BCUT2D eigenvalue weighted by atomic mass is 9.47. The number of rotatable bonds is 11. The van der Waals surface area contributed by atoms with Crippen molar-refractivity contribution < 1.29 is 52.3 Å². The second-order valence-corrected chi connectivity index (χ2v) is 19.6. The highest BCUT2D eigenvalue weighted by Gasteiger charge is 2.80. The van der Waals surface area contributed by atoms with Gasteiger partial charge in [-0.25, -0.2) is 13.6 Å². The second-order valence-electron chi connectivity index (χ2n) is 19.6. The van der Waals surface area contributed by atoms with E-state index in [1.165, 1.54) is 28.3 Å². The molecule has 1 aromatic heterocycles. The lowest BCUT2D eigenvalue weighted by Crippen LogP contribution is -2.81. The smallest absolute Gasteiger partial charge is 0.344 e. The number of alkyl halides is 2. The first-order valence-electron chi connectivity index (χ1n) is 23.0. The van der Waals surface area contributed by atoms with Crippen LogP contribution in [-0.2, 0) is 52.4 Å². The molecule has 0 radical (unpaired) electrons. The first kappa shape index (κ1) is 45.5. The van der Waals surface area contributed by atoms with Crippen molar-refractivity contribution in [3.63, 3.8) is 0 Å². The highest BCUT2D eigenvalue weighted by molar-refractivity contribution is 5.95. The van der Waals surface area contributed by atoms with Gasteiger partial charge in [0.15, 0.2) is 6.10 Å². The van der Waals surface area contributed by atoms with Crippen LogP contribution in [0, 0.1) is 17.3 Å². The average molecular weight is 904 g/mol. The quantitative estimate of drug-likeness (QED) is 0.0938. The Morgan fingerprint density at radius 2 is 1.80 bits per heavy atom. The third-order valence-corrected chi connectivity index (χ3v) is 16.3. The van der Waals surface area contributed by atoms with Crippen LogP contribution in [0.25, 0.3) is 10.9 Å². The molecule has 6 aliphatic rings. The summed E-state index contributed by atoms with van der Waals surface area (Å²) in [5, 5.41) is 27.0. The summed E-state index contributed by atoms with van der Waals surface area (Å²) in [6.45, 7) is 7.54. The number of likely N-dealkylation sites (N-methyl/N-ethyl adjacent to an activating group) is 1. The molecule has 1 saturated carbocycles. The van der Waals surface area contributed by atoms with Gasteiger partial charge in [0.25, 0.3) is 0 Å². The summed E-state index contributed by atoms with van der Waals surface area (Å²) in [5.74, 6) is -6.08. The molecule has 14 nitrogen and oxygen atoms in total. The van der Waals surface area contributed by atoms with Crippen LogP contribution in [0.4, 0.5) is 14.5 Å². The summed E-state index contributed by atoms with van der Waals surface area (Å²) in [6.07, 6.45) is 4.36. The number of aliphatic hydroxyl groups excluding tert-OH is 1. The van der Waals surface area contributed by atoms with Gasteiger partial charge in [0.05, 0.1) is 34.0 Å². The number of benzene rings is 2. The number of piperidine rings is 1. The number of anilines is 1. The number of nitrogens with zero attached hydrogens (tertiary/aromatic N) is 3. The Kier molecular flexibility index (Phi) is 11.4. The van der Waals surface area contributed by atoms with Gasteiger partial charge < -0.3 is 49.3 Å². The summed E-state index contributed by atoms with van der Waals surface area (Å²) in [6, 6.07) is 8.56. The number of H-pyrrole nitrogens is 1. The Hall–Kier alpha value is -4.61. The fourth-order valence-corrected chi connectivity index (χ4v) is 13.9. The minimum atomic E-state index is -2.96. The summed E-state index contributed by atoms with van der Waals surface area (Å²) in [4.78, 5) is 53.1. The minimum absolute atomic E-state index is 0.0116. The van der Waals surface area contributed by atoms with E-state index in [0.717, 1.165) is 34.5 Å². The van der Waals surface area contributed by atoms with Gasteiger partial charge in [-0.3, -0.25) is 14.5 Å². The van der Waals surface area contributed by atoms with Crippen LogP contribution >= 0.6 is 0 Å². The number of halogens is 2. The number of nitrogens with one attached hydrogen (secondary N) is 2. The topological polar surface area (TPSA) is 166 Å². The summed E-state index contributed by atoms with van der Waals surface area (Å²) in [5.41, 5.74) is -0.877. The molecule has 5 aliphatic heterocycles. The lowest BCUT2D eigenvalue weighted by Gasteiger charge is -2.63. The molecule has 0 amide bonds. The summed E-state index contributed by atoms with van der Waals surface area (Å²) >= 11 is 0. The van der Waals surface area contributed by atoms with Gasteiger partial charge in [0.1, 0.15) is 11.2 Å². The van der Waals surface area contributed by atoms with Crippen LogP contribution in [0.3, 0.4) is 0 Å². The maximum absolute atomic E-state index is 15.5. The van der Waals surface area contributed by atoms with Crippen LogP contribution in [0.1, 0.15) is 74.4 Å². The normalized spacial score (nSPS) is 33.8. The molecule has 9 rings (SSSR count). The number of hydrogen-bond donors (Lipinski definition) is 4. The molecular weight excluding hydrogens is 841 g/mol. The van der Waals surface area contributed by atoms with E-state index in [1.807, 2.05) is 55.3 Å². The van der Waals surface area contributed by atoms with Crippen LogP contribution in [0.2, 0.25) is 0 Å². The first-order chi connectivity index (χ1) is 31.0. The third-order valence-electron chi connectivity index (χ3n) is 16.3. The second kappa shape index (κ2) is 16.3. The van der Waals surface area contributed by atoms with Crippen LogP contribution in [-0.4, -0.2) is 147 Å². The van der Waals surface area contributed by atoms with Crippen molar-refractivity contribution in [2.45, 2.75) is 100.0 Å². The highest BCUT2D eigenvalue weighted by Crippen LogP contribution is 2.68. The molecule has 16 heteroatoms. The predicted molar refractivity (Wildman–Crippen MR) is 238 cm³/mol. The van der Waals surface area contributed by atoms with Gasteiger partial charge in [-0.05, 0) is 86.4 Å². The number of carbonyl (C=O) groups excluding carboxylic acids is 3. The van der Waals surface area contributed by atoms with Crippen molar-refractivity contribution in [1.82, 2.24) is 20.1 Å². The molecule has 352 valence electrons. The van der Waals surface area contributed by atoms with Gasteiger partial charge >= 0.3 is 17.9 Å². The molecule has 2 bridgehead atoms. The van der Waals surface area contributed by atoms with Gasteiger partial charge in [-0.1, -0.05) is 25.1 Å². The summed E-state index contributed by atoms with van der Waals surface area (Å²) < 4.78 is 54.9. The van der Waals surface area contributed by atoms with Crippen molar-refractivity contribution in [3.05, 3.63) is 70.4 Å². The molecule has 10 atom stereocenters. The predicted octanol–water partition coefficient (Wildman–Crippen LogP) is 4.20. The molecular formula is C49H63F2N5O9. The minimum Gasteiger partial charge on any atom is -0.496 e. The standard InChI is InChI=1S/C49H63F2N5O9/c1-8-46-13-9-16-56-18-14-47(40(46)56)34-22-35(38(62-5)23-37(34)54(4)41(47)49(61,44(60)64-7)42(46)65-28(2)58)48(43(59)63-6)24-30-20-31(45(3,50)51)27-55(26-30)17-12-32-33-21-29(25-52-15-19-57)10-11-36(33)53-39(32)48/h9-11,13,21-23,30-31,40-42,52-53,57,61H,8,12,14-20,24-27H2,1-7H3/t30-,31-,40+,41-,42-,46-,47-,48+,49+/m1/s1. The fourth-order valence-electron chi connectivity index (χ4n) is 13.9. The molecule has 65 heavy (non-hydrogen) atoms. The van der Waals surface area contributed by atoms with E-state index in [1.54, 1.807) is 0 Å². The van der Waals surface area contributed by atoms with Crippen molar-refractivity contribution >= 4 is 34.5 Å². The SMILES string of the molecule is CC[C@]12C=CCN3CC[C@@]4(c5cc([C@@]6(C(=O)OC)C[C@H]7C[C@@H](C(C)(F)F)CN(CCc8c6[nH]c6ccc(CNCCO)cc86)C7)c(OC)cc5N(C)[C@H]4[C@@](O)(C(=O)OC)[C@@H]1OC(C)=O)[C@@H]32. The van der Waals surface area contributed by atoms with Gasteiger partial charge in [0, 0.05) is 110 Å². The maximum Gasteiger partial charge on any atom is 0.344 e. The van der Waals surface area contributed by atoms with E-state index >= 15 is 13.6 Å². The lowest BCUT2D eigenvalue weighted by molar-refractivity contribution is -0.228. The van der Waals surface area contributed by atoms with Crippen molar-refractivity contribution in [1.29, 1.82) is 0 Å². The first-order valence-corrected chi connectivity index (χ1v) is 23.0. The van der Waals surface area contributed by atoms with E-state index in [2.05, 4.69) is 26.2 Å². The number of aromatic amines is 1. The van der Waals surface area contributed by atoms with E-state index < -0.39 is 63.7 Å². The molecule has 6 heterocycles. The van der Waals surface area contributed by atoms with Gasteiger partial charge in [-0.2, -0.15) is 0 Å². The average Bonchev–Trinajstić information content (AvgIpc) is 3.94. The molecule has 3 aromatic rings. The third kappa shape index (κ3) is 6.51. The monoisotopic (exact) mass is 903 g/mol. The number of esters is 3. The zero-order valence-corrected chi connectivity index (χ0v) is 38.5. The Balaban J connectivity index is 1.34. The van der Waals surface area contributed by atoms with Crippen molar-refractivity contribution in [2.75, 3.05) is 79.2 Å². The van der Waals surface area contributed by atoms with E-state index in [4.69, 9.17) is 18.9 Å². The molecule has 1 aliphatic carbocycles. The number of carbonyl (C=O) groups is 3. The Morgan fingerprint density at radius 1 is 1.03 bits per heavy atom. The van der Waals surface area contributed by atoms with E-state index in [-0.39, 0.29) is 38.0 Å². The molecule has 1 spiro atoms. The van der Waals surface area contributed by atoms with E-state index in [0.29, 0.717) is 81.2 Å². The summed E-state index contributed by atoms with van der Waals surface area (Å²) in [7, 11) is 5.93. The Bertz CT molecular complexity index is 2420. The number of aliphatic hydroxyl groups is 2. The van der Waals surface area contributed by atoms with Crippen LogP contribution in [0.5, 0.6) is 5.75 Å². The van der Waals surface area contributed by atoms with Crippen molar-refractivity contribution in [3.8, 4) is 5.75 Å². The number of fused-ring (bicyclic) bond motifs is 6. The van der Waals surface area contributed by atoms with Gasteiger partial charge in [-0.15, -0.1) is 0 Å². The van der Waals surface area contributed by atoms with Crippen LogP contribution in [0.15, 0.2) is 42.5 Å². The van der Waals surface area contributed by atoms with E-state index in [9.17, 15) is 19.8 Å². The molecule has 4 N–H and O–H groups in total. The Labute approximate surface area is 378 Å². The molecule has 2 saturated heterocycles. The maximum atomic E-state index is 15.5. The number of methoxy groups -OCH3 is 3. The Morgan fingerprint density at radius 3 is 2.48 bits per heavy atom. The van der Waals surface area contributed by atoms with Crippen molar-refractivity contribution in [2.24, 2.45) is 17.3 Å². The molecule has 3 fully saturated rings. The number of hydrogen-bond acceptors (Lipinski definition) is 13. The molecule has 1 unspecified atom stereocenters. The van der Waals surface area contributed by atoms with Gasteiger partial charge in [0.2, 0.25) is 11.5 Å². The zero-order valence-electron chi connectivity index (χ0n) is 38.5. The molecule has 2 aromatic carbocycles.